The number of fused-ring (bicyclic) bond motifs is 15. The van der Waals surface area contributed by atoms with Crippen LogP contribution in [0.4, 0.5) is 0 Å². The van der Waals surface area contributed by atoms with E-state index in [4.69, 9.17) is 37.9 Å². The Morgan fingerprint density at radius 3 is 1.36 bits per heavy atom. The molecule has 724 valence electrons. The average Bonchev–Trinajstić information content (AvgIpc) is 1.85. The monoisotopic (exact) mass is 1910 g/mol. The van der Waals surface area contributed by atoms with Crippen LogP contribution in [0.25, 0.3) is 70.9 Å². The van der Waals surface area contributed by atoms with Crippen molar-refractivity contribution in [1.29, 1.82) is 0 Å². The van der Waals surface area contributed by atoms with Gasteiger partial charge in [0.15, 0.2) is 0 Å². The van der Waals surface area contributed by atoms with E-state index in [1.807, 2.05) is 260 Å². The number of benzene rings is 11. The van der Waals surface area contributed by atoms with Crippen molar-refractivity contribution in [2.24, 2.45) is 0 Å². The summed E-state index contributed by atoms with van der Waals surface area (Å²) in [6.07, 6.45) is 40.9. The van der Waals surface area contributed by atoms with Crippen molar-refractivity contribution in [2.45, 2.75) is 96.9 Å². The molecule has 19 heterocycles. The normalized spacial score (nSPS) is 13.1. The molecule has 0 saturated heterocycles. The Bertz CT molecular complexity index is 6160. The Kier molecular flexibility index (Phi) is 39.1. The number of para-hydroxylation sites is 7. The lowest BCUT2D eigenvalue weighted by molar-refractivity contribution is 0.111. The van der Waals surface area contributed by atoms with Crippen LogP contribution >= 0.6 is 0 Å². The molecule has 0 spiro atoms. The molecule has 0 radical (unpaired) electrons. The van der Waals surface area contributed by atoms with Gasteiger partial charge in [-0.25, -0.2) is 15.0 Å². The number of imidazole rings is 2. The van der Waals surface area contributed by atoms with E-state index in [2.05, 4.69) is 212 Å². The van der Waals surface area contributed by atoms with Crippen LogP contribution in [0.1, 0.15) is 87.9 Å². The Labute approximate surface area is 840 Å². The average molecular weight is 1910 g/mol. The van der Waals surface area contributed by atoms with Crippen molar-refractivity contribution < 1.29 is 37.9 Å². The second-order valence-corrected chi connectivity index (χ2v) is 33.9. The summed E-state index contributed by atoms with van der Waals surface area (Å²) < 4.78 is 44.6. The highest BCUT2D eigenvalue weighted by atomic mass is 16.5. The van der Waals surface area contributed by atoms with Gasteiger partial charge in [0.2, 0.25) is 5.88 Å². The first-order valence-corrected chi connectivity index (χ1v) is 49.1. The fourth-order valence-electron chi connectivity index (χ4n) is 16.3. The van der Waals surface area contributed by atoms with Crippen LogP contribution in [0.3, 0.4) is 0 Å². The molecule has 0 saturated carbocycles. The lowest BCUT2D eigenvalue weighted by atomic mass is 10.0. The first-order valence-electron chi connectivity index (χ1n) is 49.1. The molecule has 11 aromatic heterocycles. The maximum absolute atomic E-state index is 5.42. The minimum atomic E-state index is 0.802. The molecule has 144 heavy (non-hydrogen) atoms. The van der Waals surface area contributed by atoms with E-state index in [0.29, 0.717) is 0 Å². The van der Waals surface area contributed by atoms with E-state index < -0.39 is 0 Å². The molecule has 3 N–H and O–H groups in total. The first kappa shape index (κ1) is 100.0. The molecule has 11 aromatic carbocycles. The number of hydrogen-bond donors (Lipinski definition) is 3. The van der Waals surface area contributed by atoms with Crippen molar-refractivity contribution in [3.8, 4) is 34.6 Å². The van der Waals surface area contributed by atoms with E-state index in [1.165, 1.54) is 94.3 Å². The Balaban J connectivity index is 0.000000111. The molecule has 21 heteroatoms. The number of nitrogens with one attached hydrogen (secondary N) is 3. The van der Waals surface area contributed by atoms with Crippen molar-refractivity contribution in [1.82, 2.24) is 64.4 Å². The number of aromatic nitrogens is 13. The van der Waals surface area contributed by atoms with Crippen molar-refractivity contribution in [3.05, 3.63) is 495 Å². The van der Waals surface area contributed by atoms with Gasteiger partial charge < -0.3 is 52.3 Å². The maximum Gasteiger partial charge on any atom is 0.216 e. The van der Waals surface area contributed by atoms with E-state index in [-0.39, 0.29) is 0 Å². The number of hydrogen-bond acceptors (Lipinski definition) is 17. The van der Waals surface area contributed by atoms with Gasteiger partial charge in [-0.1, -0.05) is 243 Å². The molecule has 0 aliphatic carbocycles. The molecule has 8 aliphatic rings. The van der Waals surface area contributed by atoms with Crippen LogP contribution in [0.15, 0.2) is 439 Å². The van der Waals surface area contributed by atoms with Crippen molar-refractivity contribution in [2.75, 3.05) is 46.2 Å². The van der Waals surface area contributed by atoms with Crippen LogP contribution in [0.5, 0.6) is 34.6 Å². The van der Waals surface area contributed by atoms with Crippen LogP contribution in [0.2, 0.25) is 0 Å². The molecule has 0 bridgehead atoms. The summed E-state index contributed by atoms with van der Waals surface area (Å²) >= 11 is 0. The number of pyridine rings is 7. The number of aromatic amines is 3. The smallest absolute Gasteiger partial charge is 0.216 e. The van der Waals surface area contributed by atoms with Crippen molar-refractivity contribution in [3.63, 3.8) is 0 Å². The third-order valence-electron chi connectivity index (χ3n) is 23.9. The number of H-pyrrole nitrogens is 3. The topological polar surface area (TPSA) is 242 Å². The molecule has 0 amide bonds. The fourth-order valence-corrected chi connectivity index (χ4v) is 16.3. The fraction of sp³-hybridized carbons (Fsp3) is 0.179. The third kappa shape index (κ3) is 31.5. The summed E-state index contributed by atoms with van der Waals surface area (Å²) in [5.41, 5.74) is 19.6. The molecule has 30 rings (SSSR count). The minimum absolute atomic E-state index is 0.802. The predicted molar refractivity (Wildman–Crippen MR) is 576 cm³/mol. The zero-order chi connectivity index (χ0) is 97.9. The van der Waals surface area contributed by atoms with E-state index in [0.717, 1.165) is 210 Å². The standard InChI is InChI=1S/C10H8.2C9H7N.2C9H10O.4C8H9NO.C8H7N.2C8H8O.3C7H6N2/c1-2-6-10-8-4-3-7-9(10)5-1;1-2-6-9-8(4-1)5-3-7-10-9;1-2-4-9-7-10-6-5-8(9)3-1;1-2-6-9-8(4-1)5-3-7-10-9;1-2-4-9-7-10-6-5-8(9)3-1;1-4-8-7(9-5-1)3-2-6-10-8;1-3-7-4-2-6-10-8(7)9-5-1;1-2-7-6-9-4-3-8(7)10-5-1;1-2-7-3-4-9-6-8(7)10-5-1;1-2-4-8-7(3-1)5-6-9-8;1-2-4-8-6-9-5-7(8)3-1;1-2-4-8-7(3-1)5-6-9-8;1-2-5-9-6-4-8-7(9)3-1;1-2-4-7-6(3-1)8-5-9-7;1-2-4-7-6(3-1)5-8-9-7/h1-8H;2*1-7H;1-2,4,6H,3,5,7H2;1-4H,5-7H2;1,4-5H,2-3,6H2;1,3,5H,2,4,6H2;2*3-4,6H,1-2,5H2;1-6,9H;2*1-4H,5-6H2;1-6H;2*1-5H,(H,8,9). The van der Waals surface area contributed by atoms with Crippen LogP contribution in [-0.4, -0.2) is 111 Å². The van der Waals surface area contributed by atoms with Gasteiger partial charge in [0.25, 0.3) is 0 Å². The highest BCUT2D eigenvalue weighted by Gasteiger charge is 2.15. The summed E-state index contributed by atoms with van der Waals surface area (Å²) in [7, 11) is 0. The molecule has 22 aromatic rings. The highest BCUT2D eigenvalue weighted by Crippen LogP contribution is 2.29. The molecular weight excluding hydrogens is 1790 g/mol. The van der Waals surface area contributed by atoms with E-state index in [9.17, 15) is 0 Å². The van der Waals surface area contributed by atoms with Gasteiger partial charge in [-0.2, -0.15) is 5.10 Å². The molecule has 0 atom stereocenters. The number of nitrogens with zero attached hydrogens (tertiary/aromatic N) is 10. The molecule has 0 unspecified atom stereocenters. The second kappa shape index (κ2) is 56.3. The van der Waals surface area contributed by atoms with Crippen LogP contribution in [-0.2, 0) is 74.2 Å². The SMILES string of the molecule is c1cc2c(cn1)CCCO2.c1cc2c(cn1)OCCC2.c1ccc2[nH]ccc2c1.c1ccc2[nH]cnc2c1.c1ccc2[nH]ncc2c1.c1ccc2c(c1)CCCO2.c1ccc2c(c1)CCO2.c1ccc2c(c1)CCOC2.c1ccc2c(c1)COC2.c1ccc2ccccc2c1.c1ccc2cnccc2c1.c1ccc2ncccc2c1.c1ccn2ccnc2c1.c1cnc2c(c1)CCCO2.c1cnc2c(c1)OCCC2. The predicted octanol–water partition coefficient (Wildman–Crippen LogP) is 26.7. The summed E-state index contributed by atoms with van der Waals surface area (Å²) in [5, 5.41) is 15.5. The third-order valence-corrected chi connectivity index (χ3v) is 23.9. The van der Waals surface area contributed by atoms with Crippen molar-refractivity contribution >= 4 is 70.9 Å². The zero-order valence-electron chi connectivity index (χ0n) is 80.9. The van der Waals surface area contributed by atoms with Gasteiger partial charge in [-0.3, -0.25) is 30.0 Å². The lowest BCUT2D eigenvalue weighted by Gasteiger charge is -2.15. The van der Waals surface area contributed by atoms with Gasteiger partial charge in [0.05, 0.1) is 113 Å². The first-order chi connectivity index (χ1) is 71.5. The van der Waals surface area contributed by atoms with Gasteiger partial charge in [0, 0.05) is 108 Å². The summed E-state index contributed by atoms with van der Waals surface area (Å²) in [6.45, 7) is 8.41. The van der Waals surface area contributed by atoms with Crippen LogP contribution in [0, 0.1) is 0 Å². The van der Waals surface area contributed by atoms with Crippen LogP contribution < -0.4 is 28.4 Å². The van der Waals surface area contributed by atoms with Gasteiger partial charge in [-0.05, 0) is 240 Å². The quantitative estimate of drug-likeness (QED) is 0.128. The number of rotatable bonds is 0. The number of ether oxygens (including phenoxy) is 8. The highest BCUT2D eigenvalue weighted by molar-refractivity contribution is 5.83. The van der Waals surface area contributed by atoms with Gasteiger partial charge >= 0.3 is 0 Å². The summed E-state index contributed by atoms with van der Waals surface area (Å²) in [4.78, 5) is 38.7. The van der Waals surface area contributed by atoms with E-state index in [1.54, 1.807) is 31.1 Å². The van der Waals surface area contributed by atoms with E-state index >= 15 is 0 Å². The van der Waals surface area contributed by atoms with Gasteiger partial charge in [0.1, 0.15) is 34.4 Å². The maximum atomic E-state index is 5.42. The Morgan fingerprint density at radius 1 is 0.236 bits per heavy atom. The minimum Gasteiger partial charge on any atom is -0.493 e. The molecule has 21 nitrogen and oxygen atoms in total. The Morgan fingerprint density at radius 2 is 0.708 bits per heavy atom. The lowest BCUT2D eigenvalue weighted by Crippen LogP contribution is -2.09. The Hall–Kier alpha value is -17.0. The molecule has 0 fully saturated rings. The second-order valence-electron chi connectivity index (χ2n) is 33.9. The molecular formula is C123H119N13O8. The number of aryl methyl sites for hydroxylation is 5. The van der Waals surface area contributed by atoms with Gasteiger partial charge in [-0.15, -0.1) is 0 Å². The molecule has 8 aliphatic heterocycles. The largest absolute Gasteiger partial charge is 0.493 e. The summed E-state index contributed by atoms with van der Waals surface area (Å²) in [6, 6.07) is 116. The summed E-state index contributed by atoms with van der Waals surface area (Å²) in [5.74, 6) is 5.92. The zero-order valence-corrected chi connectivity index (χ0v) is 80.9.